The molecule has 0 fully saturated rings. The number of pyridine rings is 3. The molecule has 0 aliphatic rings. The summed E-state index contributed by atoms with van der Waals surface area (Å²) in [5.41, 5.74) is 4.07. The van der Waals surface area contributed by atoms with Crippen molar-refractivity contribution in [3.63, 3.8) is 0 Å². The van der Waals surface area contributed by atoms with Crippen LogP contribution in [-0.4, -0.2) is 15.0 Å². The van der Waals surface area contributed by atoms with Gasteiger partial charge in [-0.15, -0.1) is 0 Å². The van der Waals surface area contributed by atoms with Crippen molar-refractivity contribution in [1.82, 2.24) is 15.0 Å². The third-order valence-corrected chi connectivity index (χ3v) is 2.72. The van der Waals surface area contributed by atoms with Gasteiger partial charge in [-0.2, -0.15) is 0 Å². The molecule has 3 rings (SSSR count). The van der Waals surface area contributed by atoms with Gasteiger partial charge in [0.05, 0.1) is 5.69 Å². The molecule has 4 heteroatoms. The van der Waals surface area contributed by atoms with Crippen LogP contribution >= 0.6 is 0 Å². The molecular formula is C15H11CoN3. The molecule has 0 amide bonds. The van der Waals surface area contributed by atoms with Crippen LogP contribution in [0.1, 0.15) is 0 Å². The van der Waals surface area contributed by atoms with Gasteiger partial charge in [0.15, 0.2) is 0 Å². The molecule has 3 aromatic heterocycles. The monoisotopic (exact) mass is 292 g/mol. The Bertz CT molecular complexity index is 583. The second-order valence-corrected chi connectivity index (χ2v) is 3.88. The van der Waals surface area contributed by atoms with Gasteiger partial charge >= 0.3 is 0 Å². The van der Waals surface area contributed by atoms with Crippen LogP contribution in [0, 0.1) is 0 Å². The second-order valence-electron chi connectivity index (χ2n) is 3.88. The van der Waals surface area contributed by atoms with Crippen molar-refractivity contribution >= 4 is 0 Å². The normalized spacial score (nSPS) is 9.68. The van der Waals surface area contributed by atoms with Crippen molar-refractivity contribution in [2.75, 3.05) is 0 Å². The fourth-order valence-electron chi connectivity index (χ4n) is 1.89. The zero-order chi connectivity index (χ0) is 12.2. The van der Waals surface area contributed by atoms with E-state index in [-0.39, 0.29) is 16.8 Å². The number of nitrogens with zero attached hydrogens (tertiary/aromatic N) is 3. The number of aromatic nitrogens is 3. The summed E-state index contributed by atoms with van der Waals surface area (Å²) in [7, 11) is 0. The minimum absolute atomic E-state index is 0. The van der Waals surface area contributed by atoms with Gasteiger partial charge in [-0.05, 0) is 24.3 Å². The molecule has 0 N–H and O–H groups in total. The molecule has 3 heterocycles. The van der Waals surface area contributed by atoms with Crippen LogP contribution in [0.4, 0.5) is 0 Å². The Balaban J connectivity index is 0.00000133. The molecule has 0 spiro atoms. The Morgan fingerprint density at radius 2 is 1.32 bits per heavy atom. The number of rotatable bonds is 2. The van der Waals surface area contributed by atoms with Crippen molar-refractivity contribution in [2.24, 2.45) is 0 Å². The first-order chi connectivity index (χ1) is 8.95. The molecule has 1 radical (unpaired) electrons. The van der Waals surface area contributed by atoms with E-state index < -0.39 is 0 Å². The maximum atomic E-state index is 4.46. The van der Waals surface area contributed by atoms with Crippen LogP contribution in [0.5, 0.6) is 0 Å². The van der Waals surface area contributed by atoms with Crippen LogP contribution in [-0.2, 0) is 16.8 Å². The summed E-state index contributed by atoms with van der Waals surface area (Å²) in [6, 6.07) is 11.9. The fraction of sp³-hybridized carbons (Fsp3) is 0. The predicted octanol–water partition coefficient (Wildman–Crippen LogP) is 3.20. The Kier molecular flexibility index (Phi) is 4.38. The fourth-order valence-corrected chi connectivity index (χ4v) is 1.89. The summed E-state index contributed by atoms with van der Waals surface area (Å²) in [5.74, 6) is 0. The largest absolute Gasteiger partial charge is 0.264 e. The molecule has 0 saturated carbocycles. The summed E-state index contributed by atoms with van der Waals surface area (Å²) in [4.78, 5) is 12.8. The Morgan fingerprint density at radius 1 is 0.684 bits per heavy atom. The summed E-state index contributed by atoms with van der Waals surface area (Å²) in [6.07, 6.45) is 8.99. The van der Waals surface area contributed by atoms with Crippen LogP contribution < -0.4 is 0 Å². The topological polar surface area (TPSA) is 38.7 Å². The average Bonchev–Trinajstić information content (AvgIpc) is 2.49. The van der Waals surface area contributed by atoms with Gasteiger partial charge in [-0.1, -0.05) is 12.1 Å². The van der Waals surface area contributed by atoms with Gasteiger partial charge < -0.3 is 0 Å². The smallest absolute Gasteiger partial charge is 0.0796 e. The zero-order valence-corrected chi connectivity index (χ0v) is 11.1. The van der Waals surface area contributed by atoms with Crippen LogP contribution in [0.25, 0.3) is 22.4 Å². The van der Waals surface area contributed by atoms with E-state index in [0.717, 1.165) is 22.4 Å². The summed E-state index contributed by atoms with van der Waals surface area (Å²) < 4.78 is 0. The molecule has 0 aliphatic heterocycles. The first kappa shape index (κ1) is 13.4. The van der Waals surface area contributed by atoms with E-state index in [0.29, 0.717) is 0 Å². The van der Waals surface area contributed by atoms with Gasteiger partial charge in [0.1, 0.15) is 0 Å². The van der Waals surface area contributed by atoms with Gasteiger partial charge in [0, 0.05) is 64.5 Å². The Hall–Kier alpha value is -2.04. The van der Waals surface area contributed by atoms with Crippen molar-refractivity contribution < 1.29 is 16.8 Å². The van der Waals surface area contributed by atoms with E-state index in [1.165, 1.54) is 0 Å². The minimum atomic E-state index is 0. The van der Waals surface area contributed by atoms with E-state index in [1.807, 2.05) is 48.8 Å². The van der Waals surface area contributed by atoms with Crippen LogP contribution in [0.3, 0.4) is 0 Å². The molecule has 19 heavy (non-hydrogen) atoms. The number of hydrogen-bond acceptors (Lipinski definition) is 3. The minimum Gasteiger partial charge on any atom is -0.264 e. The van der Waals surface area contributed by atoms with E-state index >= 15 is 0 Å². The van der Waals surface area contributed by atoms with Crippen molar-refractivity contribution in [1.29, 1.82) is 0 Å². The molecule has 0 saturated heterocycles. The summed E-state index contributed by atoms with van der Waals surface area (Å²) in [5, 5.41) is 0. The van der Waals surface area contributed by atoms with E-state index in [9.17, 15) is 0 Å². The third kappa shape index (κ3) is 2.86. The Morgan fingerprint density at radius 3 is 1.95 bits per heavy atom. The van der Waals surface area contributed by atoms with Crippen LogP contribution in [0.2, 0.25) is 0 Å². The zero-order valence-electron chi connectivity index (χ0n) is 10.0. The van der Waals surface area contributed by atoms with Gasteiger partial charge in [0.2, 0.25) is 0 Å². The molecule has 3 aromatic rings. The Labute approximate surface area is 122 Å². The standard InChI is InChI=1S/C15H11N3.Co/c1-4-12(10-16-7-1)14-6-3-9-18-15(14)13-5-2-8-17-11-13;/h1-11H;. The van der Waals surface area contributed by atoms with E-state index in [4.69, 9.17) is 0 Å². The molecular weight excluding hydrogens is 281 g/mol. The molecule has 95 valence electrons. The summed E-state index contributed by atoms with van der Waals surface area (Å²) >= 11 is 0. The van der Waals surface area contributed by atoms with Gasteiger partial charge in [-0.25, -0.2) is 0 Å². The first-order valence-electron chi connectivity index (χ1n) is 5.71. The second kappa shape index (κ2) is 6.22. The number of hydrogen-bond donors (Lipinski definition) is 0. The maximum Gasteiger partial charge on any atom is 0.0796 e. The molecule has 3 nitrogen and oxygen atoms in total. The predicted molar refractivity (Wildman–Crippen MR) is 70.7 cm³/mol. The van der Waals surface area contributed by atoms with Gasteiger partial charge in [0.25, 0.3) is 0 Å². The molecule has 0 aliphatic carbocycles. The van der Waals surface area contributed by atoms with Gasteiger partial charge in [-0.3, -0.25) is 15.0 Å². The van der Waals surface area contributed by atoms with Crippen molar-refractivity contribution in [3.05, 3.63) is 67.4 Å². The third-order valence-electron chi connectivity index (χ3n) is 2.72. The molecule has 0 bridgehead atoms. The quantitative estimate of drug-likeness (QED) is 0.728. The van der Waals surface area contributed by atoms with Crippen LogP contribution in [0.15, 0.2) is 67.4 Å². The SMILES string of the molecule is [Co].c1cncc(-c2cccnc2-c2cccnc2)c1. The first-order valence-corrected chi connectivity index (χ1v) is 5.71. The van der Waals surface area contributed by atoms with E-state index in [2.05, 4.69) is 15.0 Å². The van der Waals surface area contributed by atoms with Crippen molar-refractivity contribution in [3.8, 4) is 22.4 Å². The molecule has 0 atom stereocenters. The average molecular weight is 292 g/mol. The molecule has 0 unspecified atom stereocenters. The maximum absolute atomic E-state index is 4.46. The summed E-state index contributed by atoms with van der Waals surface area (Å²) in [6.45, 7) is 0. The van der Waals surface area contributed by atoms with Crippen molar-refractivity contribution in [2.45, 2.75) is 0 Å². The molecule has 0 aromatic carbocycles. The van der Waals surface area contributed by atoms with E-state index in [1.54, 1.807) is 18.6 Å².